The first-order chi connectivity index (χ1) is 13.6. The van der Waals surface area contributed by atoms with E-state index in [1.54, 1.807) is 13.8 Å². The lowest BCUT2D eigenvalue weighted by atomic mass is 10.0. The second-order valence-corrected chi connectivity index (χ2v) is 7.08. The molecule has 1 aromatic heterocycles. The van der Waals surface area contributed by atoms with Gasteiger partial charge in [-0.1, -0.05) is 13.8 Å². The highest BCUT2D eigenvalue weighted by molar-refractivity contribution is 7.80. The van der Waals surface area contributed by atoms with E-state index in [4.69, 9.17) is 21.7 Å². The molecule has 1 fully saturated rings. The molecule has 2 aromatic rings. The fourth-order valence-corrected chi connectivity index (χ4v) is 3.53. The van der Waals surface area contributed by atoms with Crippen LogP contribution in [0.1, 0.15) is 25.4 Å². The van der Waals surface area contributed by atoms with Crippen LogP contribution in [0.2, 0.25) is 0 Å². The van der Waals surface area contributed by atoms with Gasteiger partial charge >= 0.3 is 0 Å². The number of anilines is 1. The first kappa shape index (κ1) is 21.2. The Balaban J connectivity index is 2.08. The molecule has 1 saturated heterocycles. The molecule has 2 heterocycles. The van der Waals surface area contributed by atoms with Crippen molar-refractivity contribution in [2.24, 2.45) is 5.92 Å². The average Bonchev–Trinajstić information content (AvgIpc) is 3.23. The molecule has 156 valence electrons. The summed E-state index contributed by atoms with van der Waals surface area (Å²) < 4.78 is 74.6. The summed E-state index contributed by atoms with van der Waals surface area (Å²) in [6.07, 6.45) is 0. The Morgan fingerprint density at radius 3 is 2.03 bits per heavy atom. The molecule has 1 N–H and O–H groups in total. The van der Waals surface area contributed by atoms with Crippen molar-refractivity contribution in [2.45, 2.75) is 33.0 Å². The lowest BCUT2D eigenvalue weighted by molar-refractivity contribution is -0.121. The van der Waals surface area contributed by atoms with Crippen LogP contribution in [0.5, 0.6) is 0 Å². The summed E-state index contributed by atoms with van der Waals surface area (Å²) in [5.74, 6) is -11.8. The molecule has 1 atom stereocenters. The Hall–Kier alpha value is -2.53. The second-order valence-electron chi connectivity index (χ2n) is 6.72. The number of aliphatic hydroxyl groups is 1. The van der Waals surface area contributed by atoms with Crippen LogP contribution in [0.4, 0.5) is 27.6 Å². The Morgan fingerprint density at radius 1 is 1.03 bits per heavy atom. The van der Waals surface area contributed by atoms with Gasteiger partial charge in [-0.3, -0.25) is 4.79 Å². The first-order valence-corrected chi connectivity index (χ1v) is 8.85. The zero-order chi connectivity index (χ0) is 21.6. The fraction of sp³-hybridized carbons (Fsp3) is 0.333. The largest absolute Gasteiger partial charge is 0.462 e. The fourth-order valence-electron chi connectivity index (χ4n) is 3.17. The topological polar surface area (TPSA) is 56.9 Å². The van der Waals surface area contributed by atoms with E-state index in [-0.39, 0.29) is 24.7 Å². The monoisotopic (exact) mass is 440 g/mol. The van der Waals surface area contributed by atoms with Gasteiger partial charge in [0.05, 0.1) is 6.54 Å². The SMILES string of the molecule is CC(C)C1C(=O)N([13c]2[13c](F)[13c](F)[13c](F)[13c](F)[13c]2F)C(=S)N1Cc1ccc(CO)o1. The van der Waals surface area contributed by atoms with E-state index in [1.165, 1.54) is 17.0 Å². The molecule has 0 bridgehead atoms. The van der Waals surface area contributed by atoms with Gasteiger partial charge < -0.3 is 14.4 Å². The minimum Gasteiger partial charge on any atom is -0.462 e. The van der Waals surface area contributed by atoms with Gasteiger partial charge in [-0.25, -0.2) is 26.9 Å². The number of carbonyl (C=O) groups is 1. The van der Waals surface area contributed by atoms with Crippen molar-refractivity contribution in [3.63, 3.8) is 0 Å². The van der Waals surface area contributed by atoms with Crippen LogP contribution >= 0.6 is 12.2 Å². The van der Waals surface area contributed by atoms with E-state index in [9.17, 15) is 26.7 Å². The number of aliphatic hydroxyl groups excluding tert-OH is 1. The van der Waals surface area contributed by atoms with Gasteiger partial charge in [0.1, 0.15) is 29.9 Å². The van der Waals surface area contributed by atoms with Crippen LogP contribution in [0, 0.1) is 35.0 Å². The highest BCUT2D eigenvalue weighted by Crippen LogP contribution is 2.36. The number of rotatable bonds is 5. The summed E-state index contributed by atoms with van der Waals surface area (Å²) in [6.45, 7) is 2.80. The summed E-state index contributed by atoms with van der Waals surface area (Å²) in [5, 5.41) is 8.66. The third-order valence-corrected chi connectivity index (χ3v) is 4.90. The minimum absolute atomic E-state index is 0.112. The Kier molecular flexibility index (Phi) is 5.63. The maximum absolute atomic E-state index is 14.3. The molecule has 29 heavy (non-hydrogen) atoms. The number of amides is 1. The number of carbonyl (C=O) groups excluding carboxylic acids is 1. The quantitative estimate of drug-likeness (QED) is 0.333. The smallest absolute Gasteiger partial charge is 0.256 e. The van der Waals surface area contributed by atoms with Gasteiger partial charge in [-0.15, -0.1) is 0 Å². The molecule has 5 nitrogen and oxygen atoms in total. The molecule has 11 heteroatoms. The lowest BCUT2D eigenvalue weighted by Crippen LogP contribution is -2.38. The number of furan rings is 1. The average molecular weight is 440 g/mol. The predicted molar refractivity (Wildman–Crippen MR) is 95.1 cm³/mol. The zero-order valence-electron chi connectivity index (χ0n) is 15.2. The van der Waals surface area contributed by atoms with Crippen LogP contribution in [0.15, 0.2) is 16.5 Å². The van der Waals surface area contributed by atoms with Gasteiger partial charge in [0.25, 0.3) is 5.91 Å². The Labute approximate surface area is 167 Å². The van der Waals surface area contributed by atoms with E-state index >= 15 is 0 Å². The summed E-state index contributed by atoms with van der Waals surface area (Å²) in [4.78, 5) is 14.5. The van der Waals surface area contributed by atoms with Gasteiger partial charge in [-0.05, 0) is 30.3 Å². The standard InChI is InChI=1S/C18H15F5N2O3S/c1-7(2)15-17(27)25(16-13(22)11(20)10(19)12(21)14(16)23)18(29)24(15)5-8-3-4-9(6-26)28-8/h3-4,7,15,26H,5-6H2,1-2H3/i10+1,11+1,12+1,13+1,14+1,16+1. The summed E-state index contributed by atoms with van der Waals surface area (Å²) in [6, 6.07) is 1.97. The van der Waals surface area contributed by atoms with Crippen molar-refractivity contribution in [3.05, 3.63) is 52.7 Å². The van der Waals surface area contributed by atoms with Gasteiger partial charge in [0.15, 0.2) is 28.4 Å². The van der Waals surface area contributed by atoms with Crippen molar-refractivity contribution in [1.82, 2.24) is 4.90 Å². The van der Waals surface area contributed by atoms with E-state index in [0.29, 0.717) is 4.90 Å². The molecule has 1 aromatic carbocycles. The van der Waals surface area contributed by atoms with Crippen molar-refractivity contribution in [1.29, 1.82) is 0 Å². The molecule has 0 radical (unpaired) electrons. The molecule has 0 saturated carbocycles. The van der Waals surface area contributed by atoms with Crippen molar-refractivity contribution >= 4 is 28.9 Å². The predicted octanol–water partition coefficient (Wildman–Crippen LogP) is 3.63. The maximum Gasteiger partial charge on any atom is 0.256 e. The number of halogens is 5. The third-order valence-electron chi connectivity index (χ3n) is 4.49. The van der Waals surface area contributed by atoms with Crippen molar-refractivity contribution < 1.29 is 36.3 Å². The molecule has 1 amide bonds. The molecule has 0 spiro atoms. The maximum atomic E-state index is 14.3. The minimum atomic E-state index is -2.33. The Bertz CT molecular complexity index is 965. The van der Waals surface area contributed by atoms with Gasteiger partial charge in [0.2, 0.25) is 5.82 Å². The molecule has 1 unspecified atom stereocenters. The number of benzene rings is 1. The highest BCUT2D eigenvalue weighted by Gasteiger charge is 2.48. The number of thiocarbonyl (C=S) groups is 1. The van der Waals surface area contributed by atoms with Crippen molar-refractivity contribution in [3.8, 4) is 0 Å². The molecule has 1 aliphatic heterocycles. The van der Waals surface area contributed by atoms with Gasteiger partial charge in [-0.2, -0.15) is 0 Å². The van der Waals surface area contributed by atoms with Crippen LogP contribution in [-0.2, 0) is 17.9 Å². The van der Waals surface area contributed by atoms with Crippen molar-refractivity contribution in [2.75, 3.05) is 4.90 Å². The normalized spacial score (nSPS) is 17.2. The summed E-state index contributed by atoms with van der Waals surface area (Å²) in [5.41, 5.74) is -1.42. The lowest BCUT2D eigenvalue weighted by Gasteiger charge is -2.25. The molecular weight excluding hydrogens is 425 g/mol. The number of nitrogens with zero attached hydrogens (tertiary/aromatic N) is 2. The van der Waals surface area contributed by atoms with E-state index in [2.05, 4.69) is 0 Å². The third kappa shape index (κ3) is 3.38. The van der Waals surface area contributed by atoms with E-state index < -0.39 is 57.8 Å². The number of hydrogen-bond donors (Lipinski definition) is 1. The number of hydrogen-bond acceptors (Lipinski definition) is 4. The second kappa shape index (κ2) is 7.71. The molecule has 3 rings (SSSR count). The molecule has 1 aliphatic rings. The zero-order valence-corrected chi connectivity index (χ0v) is 16.0. The Morgan fingerprint density at radius 2 is 1.55 bits per heavy atom. The molecular formula is C18H15F5N2O3S. The van der Waals surface area contributed by atoms with Gasteiger partial charge in [0, 0.05) is 0 Å². The van der Waals surface area contributed by atoms with Crippen LogP contribution in [0.3, 0.4) is 0 Å². The van der Waals surface area contributed by atoms with Crippen LogP contribution in [0.25, 0.3) is 0 Å². The van der Waals surface area contributed by atoms with E-state index in [0.717, 1.165) is 0 Å². The van der Waals surface area contributed by atoms with Crippen LogP contribution < -0.4 is 4.90 Å². The summed E-state index contributed by atoms with van der Waals surface area (Å²) >= 11 is 5.16. The van der Waals surface area contributed by atoms with Crippen LogP contribution in [-0.4, -0.2) is 27.1 Å². The first-order valence-electron chi connectivity index (χ1n) is 8.44. The highest BCUT2D eigenvalue weighted by atomic mass is 32.1. The van der Waals surface area contributed by atoms with E-state index in [1.807, 2.05) is 0 Å². The summed E-state index contributed by atoms with van der Waals surface area (Å²) in [7, 11) is 0. The molecule has 0 aliphatic carbocycles.